The average Bonchev–Trinajstić information content (AvgIpc) is 2.74. The van der Waals surface area contributed by atoms with Crippen LogP contribution in [-0.4, -0.2) is 30.9 Å². The number of piperidine rings is 1. The number of carbonyl (C=O) groups is 1. The molecule has 29 heavy (non-hydrogen) atoms. The van der Waals surface area contributed by atoms with E-state index in [1.165, 1.54) is 16.3 Å². The number of benzene rings is 3. The Hall–Kier alpha value is -2.65. The Kier molecular flexibility index (Phi) is 5.68. The van der Waals surface area contributed by atoms with E-state index in [4.69, 9.17) is 0 Å². The first-order valence-electron chi connectivity index (χ1n) is 10.6. The van der Waals surface area contributed by atoms with Crippen LogP contribution in [0.25, 0.3) is 10.8 Å². The van der Waals surface area contributed by atoms with Gasteiger partial charge in [-0.05, 0) is 86.3 Å². The topological polar surface area (TPSA) is 32.3 Å². The van der Waals surface area contributed by atoms with Crippen molar-refractivity contribution in [2.24, 2.45) is 0 Å². The minimum Gasteiger partial charge on any atom is -0.345 e. The van der Waals surface area contributed by atoms with Crippen LogP contribution in [0.15, 0.2) is 60.7 Å². The molecule has 0 spiro atoms. The van der Waals surface area contributed by atoms with Gasteiger partial charge < -0.3 is 10.2 Å². The lowest BCUT2D eigenvalue weighted by atomic mass is 9.87. The summed E-state index contributed by atoms with van der Waals surface area (Å²) in [5.41, 5.74) is 4.28. The predicted molar refractivity (Wildman–Crippen MR) is 120 cm³/mol. The average molecular weight is 387 g/mol. The van der Waals surface area contributed by atoms with Gasteiger partial charge >= 0.3 is 0 Å². The van der Waals surface area contributed by atoms with Crippen LogP contribution < -0.4 is 5.32 Å². The molecule has 3 aromatic carbocycles. The summed E-state index contributed by atoms with van der Waals surface area (Å²) in [6, 6.07) is 21.0. The summed E-state index contributed by atoms with van der Waals surface area (Å²) in [5.74, 6) is 0.562. The lowest BCUT2D eigenvalue weighted by Gasteiger charge is -2.29. The highest BCUT2D eigenvalue weighted by Crippen LogP contribution is 2.29. The third kappa shape index (κ3) is 4.20. The Bertz CT molecular complexity index is 1010. The highest BCUT2D eigenvalue weighted by molar-refractivity contribution is 5.96. The van der Waals surface area contributed by atoms with Crippen molar-refractivity contribution in [3.63, 3.8) is 0 Å². The molecular weight excluding hydrogens is 356 g/mol. The molecule has 0 aliphatic carbocycles. The Morgan fingerprint density at radius 2 is 1.76 bits per heavy atom. The molecule has 3 aromatic rings. The van der Waals surface area contributed by atoms with Crippen LogP contribution in [0.3, 0.4) is 0 Å². The molecule has 0 radical (unpaired) electrons. The van der Waals surface area contributed by atoms with E-state index in [-0.39, 0.29) is 11.9 Å². The molecule has 150 valence electrons. The largest absolute Gasteiger partial charge is 0.345 e. The number of fused-ring (bicyclic) bond motifs is 1. The second-order valence-electron chi connectivity index (χ2n) is 8.42. The maximum atomic E-state index is 13.2. The molecule has 1 N–H and O–H groups in total. The first-order valence-corrected chi connectivity index (χ1v) is 10.6. The molecule has 4 rings (SSSR count). The Morgan fingerprint density at radius 1 is 1.03 bits per heavy atom. The Morgan fingerprint density at radius 3 is 2.55 bits per heavy atom. The van der Waals surface area contributed by atoms with Crippen molar-refractivity contribution >= 4 is 16.7 Å². The standard InChI is InChI=1S/C26H30N2O/c1-18-11-12-22(20-13-15-28(3)16-14-20)17-25(18)26(29)27-19(2)23-10-6-8-21-7-4-5-9-24(21)23/h4-12,17,19-20H,13-16H2,1-3H3,(H,27,29)/t19-/m1/s1. The van der Waals surface area contributed by atoms with E-state index in [2.05, 4.69) is 78.8 Å². The molecule has 1 amide bonds. The van der Waals surface area contributed by atoms with Gasteiger partial charge in [0, 0.05) is 5.56 Å². The van der Waals surface area contributed by atoms with Gasteiger partial charge in [-0.1, -0.05) is 54.6 Å². The van der Waals surface area contributed by atoms with Gasteiger partial charge in [0.2, 0.25) is 0 Å². The van der Waals surface area contributed by atoms with Crippen LogP contribution in [0.5, 0.6) is 0 Å². The zero-order valence-corrected chi connectivity index (χ0v) is 17.6. The number of carbonyl (C=O) groups excluding carboxylic acids is 1. The van der Waals surface area contributed by atoms with E-state index < -0.39 is 0 Å². The molecule has 1 fully saturated rings. The van der Waals surface area contributed by atoms with Gasteiger partial charge in [-0.15, -0.1) is 0 Å². The zero-order valence-electron chi connectivity index (χ0n) is 17.6. The van der Waals surface area contributed by atoms with Gasteiger partial charge in [0.1, 0.15) is 0 Å². The highest BCUT2D eigenvalue weighted by Gasteiger charge is 2.21. The molecule has 1 aliphatic heterocycles. The molecule has 1 saturated heterocycles. The minimum atomic E-state index is -0.0556. The normalized spacial score (nSPS) is 16.7. The molecule has 3 nitrogen and oxygen atoms in total. The van der Waals surface area contributed by atoms with Crippen molar-refractivity contribution < 1.29 is 4.79 Å². The molecule has 0 aromatic heterocycles. The van der Waals surface area contributed by atoms with Crippen molar-refractivity contribution in [3.05, 3.63) is 82.9 Å². The first kappa shape index (κ1) is 19.7. The van der Waals surface area contributed by atoms with E-state index >= 15 is 0 Å². The van der Waals surface area contributed by atoms with Gasteiger partial charge in [0.25, 0.3) is 5.91 Å². The first-order chi connectivity index (χ1) is 14.0. The van der Waals surface area contributed by atoms with Crippen LogP contribution in [-0.2, 0) is 0 Å². The number of amides is 1. The number of nitrogens with one attached hydrogen (secondary N) is 1. The van der Waals surface area contributed by atoms with Crippen molar-refractivity contribution in [1.82, 2.24) is 10.2 Å². The smallest absolute Gasteiger partial charge is 0.252 e. The number of likely N-dealkylation sites (tertiary alicyclic amines) is 1. The van der Waals surface area contributed by atoms with Crippen molar-refractivity contribution in [2.75, 3.05) is 20.1 Å². The monoisotopic (exact) mass is 386 g/mol. The summed E-state index contributed by atoms with van der Waals surface area (Å²) in [7, 11) is 2.18. The number of hydrogen-bond acceptors (Lipinski definition) is 2. The molecule has 3 heteroatoms. The summed E-state index contributed by atoms with van der Waals surface area (Å²) < 4.78 is 0. The molecule has 0 bridgehead atoms. The summed E-state index contributed by atoms with van der Waals surface area (Å²) >= 11 is 0. The Balaban J connectivity index is 1.55. The van der Waals surface area contributed by atoms with Gasteiger partial charge in [-0.3, -0.25) is 4.79 Å². The van der Waals surface area contributed by atoms with E-state index in [0.717, 1.165) is 42.6 Å². The van der Waals surface area contributed by atoms with Gasteiger partial charge in [0.15, 0.2) is 0 Å². The fourth-order valence-corrected chi connectivity index (χ4v) is 4.46. The molecule has 0 unspecified atom stereocenters. The lowest BCUT2D eigenvalue weighted by Crippen LogP contribution is -2.30. The molecule has 1 heterocycles. The number of rotatable bonds is 4. The lowest BCUT2D eigenvalue weighted by molar-refractivity contribution is 0.0939. The zero-order chi connectivity index (χ0) is 20.4. The third-order valence-corrected chi connectivity index (χ3v) is 6.33. The predicted octanol–water partition coefficient (Wildman–Crippen LogP) is 5.45. The van der Waals surface area contributed by atoms with Crippen LogP contribution in [0.2, 0.25) is 0 Å². The Labute approximate surface area is 173 Å². The second-order valence-corrected chi connectivity index (χ2v) is 8.42. The number of nitrogens with zero attached hydrogens (tertiary/aromatic N) is 1. The van der Waals surface area contributed by atoms with Gasteiger partial charge in [-0.2, -0.15) is 0 Å². The molecule has 1 atom stereocenters. The minimum absolute atomic E-state index is 0.0118. The van der Waals surface area contributed by atoms with Gasteiger partial charge in [0.05, 0.1) is 6.04 Å². The number of hydrogen-bond donors (Lipinski definition) is 1. The van der Waals surface area contributed by atoms with Crippen LogP contribution in [0, 0.1) is 6.92 Å². The van der Waals surface area contributed by atoms with Crippen LogP contribution in [0.1, 0.15) is 58.8 Å². The third-order valence-electron chi connectivity index (χ3n) is 6.33. The summed E-state index contributed by atoms with van der Waals surface area (Å²) in [6.45, 7) is 6.34. The fourth-order valence-electron chi connectivity index (χ4n) is 4.46. The molecular formula is C26H30N2O. The summed E-state index contributed by atoms with van der Waals surface area (Å²) in [6.07, 6.45) is 2.32. The summed E-state index contributed by atoms with van der Waals surface area (Å²) in [4.78, 5) is 15.5. The van der Waals surface area contributed by atoms with E-state index in [0.29, 0.717) is 5.92 Å². The summed E-state index contributed by atoms with van der Waals surface area (Å²) in [5, 5.41) is 5.63. The SMILES string of the molecule is Cc1ccc(C2CCN(C)CC2)cc1C(=O)N[C@H](C)c1cccc2ccccc12. The van der Waals surface area contributed by atoms with Crippen LogP contribution >= 0.6 is 0 Å². The molecule has 1 aliphatic rings. The van der Waals surface area contributed by atoms with Crippen molar-refractivity contribution in [2.45, 2.75) is 38.6 Å². The van der Waals surface area contributed by atoms with Gasteiger partial charge in [-0.25, -0.2) is 0 Å². The van der Waals surface area contributed by atoms with Crippen LogP contribution in [0.4, 0.5) is 0 Å². The van der Waals surface area contributed by atoms with E-state index in [1.807, 2.05) is 13.0 Å². The highest BCUT2D eigenvalue weighted by atomic mass is 16.1. The van der Waals surface area contributed by atoms with E-state index in [9.17, 15) is 4.79 Å². The van der Waals surface area contributed by atoms with Crippen molar-refractivity contribution in [1.29, 1.82) is 0 Å². The molecule has 0 saturated carbocycles. The maximum Gasteiger partial charge on any atom is 0.252 e. The maximum absolute atomic E-state index is 13.2. The number of aryl methyl sites for hydroxylation is 1. The quantitative estimate of drug-likeness (QED) is 0.647. The van der Waals surface area contributed by atoms with Crippen molar-refractivity contribution in [3.8, 4) is 0 Å². The second kappa shape index (κ2) is 8.38. The fraction of sp³-hybridized carbons (Fsp3) is 0.346. The van der Waals surface area contributed by atoms with E-state index in [1.54, 1.807) is 0 Å².